The third-order valence-corrected chi connectivity index (χ3v) is 2.60. The van der Waals surface area contributed by atoms with E-state index in [0.29, 0.717) is 25.6 Å². The average molecular weight is 229 g/mol. The second kappa shape index (κ2) is 7.63. The number of esters is 1. The van der Waals surface area contributed by atoms with Crippen molar-refractivity contribution in [1.82, 2.24) is 5.32 Å². The second-order valence-electron chi connectivity index (χ2n) is 4.69. The van der Waals surface area contributed by atoms with Gasteiger partial charge in [-0.25, -0.2) is 0 Å². The van der Waals surface area contributed by atoms with E-state index in [9.17, 15) is 4.79 Å². The van der Waals surface area contributed by atoms with Crippen LogP contribution in [0.15, 0.2) is 0 Å². The summed E-state index contributed by atoms with van der Waals surface area (Å²) < 4.78 is 10.4. The molecule has 0 aliphatic carbocycles. The molecule has 1 rings (SSSR count). The van der Waals surface area contributed by atoms with Gasteiger partial charge in [-0.1, -0.05) is 13.8 Å². The molecule has 1 aliphatic heterocycles. The molecule has 4 nitrogen and oxygen atoms in total. The van der Waals surface area contributed by atoms with Gasteiger partial charge in [-0.15, -0.1) is 0 Å². The van der Waals surface area contributed by atoms with Crippen LogP contribution in [0.5, 0.6) is 0 Å². The summed E-state index contributed by atoms with van der Waals surface area (Å²) in [7, 11) is 0. The Morgan fingerprint density at radius 2 is 2.38 bits per heavy atom. The fourth-order valence-electron chi connectivity index (χ4n) is 1.69. The van der Waals surface area contributed by atoms with Gasteiger partial charge < -0.3 is 14.8 Å². The number of hydrogen-bond acceptors (Lipinski definition) is 4. The summed E-state index contributed by atoms with van der Waals surface area (Å²) in [5, 5.41) is 3.23. The summed E-state index contributed by atoms with van der Waals surface area (Å²) in [6, 6.07) is 0.131. The Morgan fingerprint density at radius 1 is 1.56 bits per heavy atom. The first-order valence-corrected chi connectivity index (χ1v) is 6.15. The Labute approximate surface area is 97.7 Å². The first kappa shape index (κ1) is 13.5. The van der Waals surface area contributed by atoms with Crippen molar-refractivity contribution in [3.63, 3.8) is 0 Å². The van der Waals surface area contributed by atoms with E-state index in [0.717, 1.165) is 26.0 Å². The topological polar surface area (TPSA) is 47.6 Å². The standard InChI is InChI=1S/C12H23NO3/c1-10(2)4-3-6-16-12(14)8-11-9-15-7-5-13-11/h10-11,13H,3-9H2,1-2H3. The molecule has 1 atom stereocenters. The van der Waals surface area contributed by atoms with Gasteiger partial charge in [0.05, 0.1) is 26.2 Å². The average Bonchev–Trinajstić information content (AvgIpc) is 2.25. The van der Waals surface area contributed by atoms with Crippen molar-refractivity contribution in [2.24, 2.45) is 5.92 Å². The zero-order chi connectivity index (χ0) is 11.8. The van der Waals surface area contributed by atoms with Gasteiger partial charge in [0, 0.05) is 12.6 Å². The molecule has 0 radical (unpaired) electrons. The lowest BCUT2D eigenvalue weighted by atomic mass is 10.1. The molecule has 1 N–H and O–H groups in total. The number of ether oxygens (including phenoxy) is 2. The Balaban J connectivity index is 2.01. The SMILES string of the molecule is CC(C)CCCOC(=O)CC1COCCN1. The predicted octanol–water partition coefficient (Wildman–Crippen LogP) is 1.34. The smallest absolute Gasteiger partial charge is 0.307 e. The van der Waals surface area contributed by atoms with Crippen molar-refractivity contribution in [2.75, 3.05) is 26.4 Å². The van der Waals surface area contributed by atoms with E-state index in [1.807, 2.05) is 0 Å². The second-order valence-corrected chi connectivity index (χ2v) is 4.69. The third-order valence-electron chi connectivity index (χ3n) is 2.60. The number of carbonyl (C=O) groups is 1. The summed E-state index contributed by atoms with van der Waals surface area (Å²) in [5.74, 6) is 0.555. The van der Waals surface area contributed by atoms with Crippen LogP contribution in [-0.4, -0.2) is 38.4 Å². The summed E-state index contributed by atoms with van der Waals surface area (Å²) in [5.41, 5.74) is 0. The molecule has 1 saturated heterocycles. The van der Waals surface area contributed by atoms with E-state index < -0.39 is 0 Å². The van der Waals surface area contributed by atoms with Gasteiger partial charge in [0.15, 0.2) is 0 Å². The number of morpholine rings is 1. The van der Waals surface area contributed by atoms with Gasteiger partial charge in [0.2, 0.25) is 0 Å². The maximum Gasteiger partial charge on any atom is 0.307 e. The number of hydrogen-bond donors (Lipinski definition) is 1. The number of nitrogens with one attached hydrogen (secondary N) is 1. The highest BCUT2D eigenvalue weighted by atomic mass is 16.5. The van der Waals surface area contributed by atoms with E-state index in [1.54, 1.807) is 0 Å². The van der Waals surface area contributed by atoms with Crippen LogP contribution < -0.4 is 5.32 Å². The van der Waals surface area contributed by atoms with Crippen molar-refractivity contribution < 1.29 is 14.3 Å². The number of rotatable bonds is 6. The minimum absolute atomic E-state index is 0.119. The number of carbonyl (C=O) groups excluding carboxylic acids is 1. The largest absolute Gasteiger partial charge is 0.466 e. The maximum absolute atomic E-state index is 11.4. The zero-order valence-electron chi connectivity index (χ0n) is 10.3. The molecule has 16 heavy (non-hydrogen) atoms. The van der Waals surface area contributed by atoms with Gasteiger partial charge in [0.1, 0.15) is 0 Å². The van der Waals surface area contributed by atoms with Crippen LogP contribution in [-0.2, 0) is 14.3 Å². The van der Waals surface area contributed by atoms with Gasteiger partial charge in [-0.05, 0) is 18.8 Å². The van der Waals surface area contributed by atoms with Crippen LogP contribution in [0.25, 0.3) is 0 Å². The molecule has 0 aromatic heterocycles. The molecule has 0 amide bonds. The highest BCUT2D eigenvalue weighted by Gasteiger charge is 2.17. The van der Waals surface area contributed by atoms with Crippen molar-refractivity contribution in [1.29, 1.82) is 0 Å². The van der Waals surface area contributed by atoms with Crippen molar-refractivity contribution in [3.05, 3.63) is 0 Å². The zero-order valence-corrected chi connectivity index (χ0v) is 10.3. The lowest BCUT2D eigenvalue weighted by Gasteiger charge is -2.22. The van der Waals surface area contributed by atoms with Gasteiger partial charge in [0.25, 0.3) is 0 Å². The van der Waals surface area contributed by atoms with Crippen molar-refractivity contribution >= 4 is 5.97 Å². The minimum Gasteiger partial charge on any atom is -0.466 e. The van der Waals surface area contributed by atoms with E-state index in [-0.39, 0.29) is 12.0 Å². The summed E-state index contributed by atoms with van der Waals surface area (Å²) >= 11 is 0. The lowest BCUT2D eigenvalue weighted by molar-refractivity contribution is -0.145. The van der Waals surface area contributed by atoms with Gasteiger partial charge >= 0.3 is 5.97 Å². The first-order chi connectivity index (χ1) is 7.68. The molecule has 1 fully saturated rings. The first-order valence-electron chi connectivity index (χ1n) is 6.15. The molecular formula is C12H23NO3. The van der Waals surface area contributed by atoms with Crippen molar-refractivity contribution in [3.8, 4) is 0 Å². The van der Waals surface area contributed by atoms with Crippen LogP contribution in [0.2, 0.25) is 0 Å². The maximum atomic E-state index is 11.4. The fourth-order valence-corrected chi connectivity index (χ4v) is 1.69. The summed E-state index contributed by atoms with van der Waals surface area (Å²) in [4.78, 5) is 11.4. The Hall–Kier alpha value is -0.610. The molecule has 1 aliphatic rings. The molecular weight excluding hydrogens is 206 g/mol. The normalized spacial score (nSPS) is 21.1. The Bertz CT molecular complexity index is 200. The Morgan fingerprint density at radius 3 is 3.00 bits per heavy atom. The molecule has 0 aromatic rings. The summed E-state index contributed by atoms with van der Waals surface area (Å²) in [6.07, 6.45) is 2.48. The molecule has 0 saturated carbocycles. The molecule has 4 heteroatoms. The fraction of sp³-hybridized carbons (Fsp3) is 0.917. The van der Waals surface area contributed by atoms with E-state index >= 15 is 0 Å². The molecule has 94 valence electrons. The van der Waals surface area contributed by atoms with Gasteiger partial charge in [-0.2, -0.15) is 0 Å². The van der Waals surface area contributed by atoms with E-state index in [2.05, 4.69) is 19.2 Å². The van der Waals surface area contributed by atoms with Gasteiger partial charge in [-0.3, -0.25) is 4.79 Å². The highest BCUT2D eigenvalue weighted by molar-refractivity contribution is 5.70. The highest BCUT2D eigenvalue weighted by Crippen LogP contribution is 2.05. The molecule has 0 bridgehead atoms. The third kappa shape index (κ3) is 6.08. The van der Waals surface area contributed by atoms with Crippen LogP contribution in [0.1, 0.15) is 33.1 Å². The minimum atomic E-state index is -0.119. The van der Waals surface area contributed by atoms with E-state index in [4.69, 9.17) is 9.47 Å². The van der Waals surface area contributed by atoms with Crippen LogP contribution in [0.4, 0.5) is 0 Å². The Kier molecular flexibility index (Phi) is 6.42. The summed E-state index contributed by atoms with van der Waals surface area (Å²) in [6.45, 7) is 7.06. The van der Waals surface area contributed by atoms with Crippen LogP contribution in [0.3, 0.4) is 0 Å². The predicted molar refractivity (Wildman–Crippen MR) is 62.3 cm³/mol. The van der Waals surface area contributed by atoms with E-state index in [1.165, 1.54) is 0 Å². The molecule has 0 aromatic carbocycles. The quantitative estimate of drug-likeness (QED) is 0.551. The molecule has 1 heterocycles. The van der Waals surface area contributed by atoms with Crippen molar-refractivity contribution in [2.45, 2.75) is 39.2 Å². The van der Waals surface area contributed by atoms with Crippen LogP contribution in [0, 0.1) is 5.92 Å². The van der Waals surface area contributed by atoms with Crippen LogP contribution >= 0.6 is 0 Å². The molecule has 1 unspecified atom stereocenters. The lowest BCUT2D eigenvalue weighted by Crippen LogP contribution is -2.42. The monoisotopic (exact) mass is 229 g/mol. The molecule has 0 spiro atoms.